The Hall–Kier alpha value is -2.67. The summed E-state index contributed by atoms with van der Waals surface area (Å²) in [5.41, 5.74) is 3.80. The van der Waals surface area contributed by atoms with Gasteiger partial charge < -0.3 is 9.67 Å². The highest BCUT2D eigenvalue weighted by Crippen LogP contribution is 2.39. The van der Waals surface area contributed by atoms with Crippen LogP contribution in [0, 0.1) is 5.82 Å². The van der Waals surface area contributed by atoms with Crippen LogP contribution in [-0.4, -0.2) is 30.3 Å². The normalized spacial score (nSPS) is 16.9. The minimum Gasteiger partial charge on any atom is -0.481 e. The van der Waals surface area contributed by atoms with E-state index in [2.05, 4.69) is 4.57 Å². The van der Waals surface area contributed by atoms with Crippen LogP contribution in [0.15, 0.2) is 47.4 Å². The van der Waals surface area contributed by atoms with Crippen LogP contribution in [-0.2, 0) is 27.6 Å². The summed E-state index contributed by atoms with van der Waals surface area (Å²) in [4.78, 5) is 11.8. The molecule has 0 aliphatic heterocycles. The van der Waals surface area contributed by atoms with Gasteiger partial charge in [0.1, 0.15) is 5.82 Å². The van der Waals surface area contributed by atoms with Crippen LogP contribution in [0.4, 0.5) is 4.39 Å². The predicted octanol–water partition coefficient (Wildman–Crippen LogP) is 4.52. The maximum absolute atomic E-state index is 14.0. The third-order valence-corrected chi connectivity index (χ3v) is 7.03. The van der Waals surface area contributed by atoms with Crippen molar-refractivity contribution in [1.29, 1.82) is 0 Å². The highest BCUT2D eigenvalue weighted by molar-refractivity contribution is 7.90. The zero-order valence-corrected chi connectivity index (χ0v) is 17.6. The molecule has 0 saturated heterocycles. The van der Waals surface area contributed by atoms with E-state index in [9.17, 15) is 22.7 Å². The lowest BCUT2D eigenvalue weighted by Crippen LogP contribution is -2.13. The second kappa shape index (κ2) is 7.87. The Balaban J connectivity index is 1.86. The summed E-state index contributed by atoms with van der Waals surface area (Å²) in [5.74, 6) is -1.28. The van der Waals surface area contributed by atoms with E-state index in [0.717, 1.165) is 53.4 Å². The molecule has 0 radical (unpaired) electrons. The van der Waals surface area contributed by atoms with E-state index in [1.807, 2.05) is 0 Å². The largest absolute Gasteiger partial charge is 0.481 e. The summed E-state index contributed by atoms with van der Waals surface area (Å²) in [6.07, 6.45) is 4.68. The lowest BCUT2D eigenvalue weighted by atomic mass is 9.95. The van der Waals surface area contributed by atoms with Crippen LogP contribution in [0.25, 0.3) is 10.9 Å². The van der Waals surface area contributed by atoms with Crippen LogP contribution in [0.2, 0.25) is 0 Å². The molecule has 158 valence electrons. The molecule has 1 aliphatic carbocycles. The minimum atomic E-state index is -3.28. The molecular weight excluding hydrogens is 405 g/mol. The molecule has 0 saturated carbocycles. The monoisotopic (exact) mass is 429 g/mol. The lowest BCUT2D eigenvalue weighted by molar-refractivity contribution is -0.137. The molecule has 0 fully saturated rings. The van der Waals surface area contributed by atoms with Crippen molar-refractivity contribution >= 4 is 26.7 Å². The number of fused-ring (bicyclic) bond motifs is 3. The Labute approximate surface area is 175 Å². The standard InChI is InChI=1S/C23H24FNO4S/c1-30(28,29)18-9-6-15(7-10-18)14-25-21-11-8-17(24)13-20(21)19-5-3-2-4-16(23(19)25)12-22(26)27/h6-11,13,16H,2-5,12,14H2,1H3,(H,26,27). The van der Waals surface area contributed by atoms with Crippen LogP contribution in [0.5, 0.6) is 0 Å². The number of hydrogen-bond acceptors (Lipinski definition) is 3. The van der Waals surface area contributed by atoms with E-state index in [-0.39, 0.29) is 23.1 Å². The van der Waals surface area contributed by atoms with Crippen molar-refractivity contribution < 1.29 is 22.7 Å². The first kappa shape index (κ1) is 20.6. The Morgan fingerprint density at radius 1 is 1.17 bits per heavy atom. The Bertz CT molecular complexity index is 1210. The Kier molecular flexibility index (Phi) is 5.40. The van der Waals surface area contributed by atoms with Gasteiger partial charge in [0.05, 0.1) is 11.3 Å². The molecule has 1 atom stereocenters. The van der Waals surface area contributed by atoms with E-state index < -0.39 is 15.8 Å². The summed E-state index contributed by atoms with van der Waals surface area (Å²) in [6, 6.07) is 11.5. The van der Waals surface area contributed by atoms with Gasteiger partial charge in [0.2, 0.25) is 0 Å². The van der Waals surface area contributed by atoms with Crippen molar-refractivity contribution in [2.45, 2.75) is 49.5 Å². The van der Waals surface area contributed by atoms with Gasteiger partial charge in [-0.25, -0.2) is 12.8 Å². The first-order chi connectivity index (χ1) is 14.2. The van der Waals surface area contributed by atoms with Gasteiger partial charge >= 0.3 is 5.97 Å². The number of halogens is 1. The molecule has 4 rings (SSSR count). The second-order valence-corrected chi connectivity index (χ2v) is 10.1. The number of aromatic nitrogens is 1. The fraction of sp³-hybridized carbons (Fsp3) is 0.348. The molecule has 1 heterocycles. The van der Waals surface area contributed by atoms with Gasteiger partial charge in [-0.15, -0.1) is 0 Å². The molecule has 2 aromatic carbocycles. The molecule has 1 unspecified atom stereocenters. The number of carbonyl (C=O) groups is 1. The third kappa shape index (κ3) is 3.99. The number of aryl methyl sites for hydroxylation is 1. The van der Waals surface area contributed by atoms with Crippen molar-refractivity contribution in [3.8, 4) is 0 Å². The first-order valence-corrected chi connectivity index (χ1v) is 11.9. The molecule has 30 heavy (non-hydrogen) atoms. The van der Waals surface area contributed by atoms with Crippen molar-refractivity contribution in [2.75, 3.05) is 6.26 Å². The van der Waals surface area contributed by atoms with Crippen molar-refractivity contribution in [2.24, 2.45) is 0 Å². The van der Waals surface area contributed by atoms with Gasteiger partial charge in [0.15, 0.2) is 9.84 Å². The molecule has 0 amide bonds. The molecule has 0 bridgehead atoms. The van der Waals surface area contributed by atoms with Crippen molar-refractivity contribution in [3.05, 3.63) is 65.1 Å². The van der Waals surface area contributed by atoms with Gasteiger partial charge in [-0.3, -0.25) is 4.79 Å². The maximum Gasteiger partial charge on any atom is 0.304 e. The van der Waals surface area contributed by atoms with Crippen molar-refractivity contribution in [3.63, 3.8) is 0 Å². The summed E-state index contributed by atoms with van der Waals surface area (Å²) in [7, 11) is -3.28. The zero-order valence-electron chi connectivity index (χ0n) is 16.8. The number of carboxylic acids is 1. The molecule has 0 spiro atoms. The van der Waals surface area contributed by atoms with Gasteiger partial charge in [-0.05, 0) is 60.7 Å². The average molecular weight is 430 g/mol. The van der Waals surface area contributed by atoms with E-state index in [1.165, 1.54) is 12.3 Å². The highest BCUT2D eigenvalue weighted by Gasteiger charge is 2.28. The number of hydrogen-bond donors (Lipinski definition) is 1. The summed E-state index contributed by atoms with van der Waals surface area (Å²) < 4.78 is 39.6. The van der Waals surface area contributed by atoms with Crippen LogP contribution < -0.4 is 0 Å². The quantitative estimate of drug-likeness (QED) is 0.605. The fourth-order valence-corrected chi connectivity index (χ4v) is 5.21. The summed E-state index contributed by atoms with van der Waals surface area (Å²) >= 11 is 0. The van der Waals surface area contributed by atoms with E-state index in [0.29, 0.717) is 6.54 Å². The second-order valence-electron chi connectivity index (χ2n) is 8.07. The number of carboxylic acid groups (broad SMARTS) is 1. The first-order valence-electron chi connectivity index (χ1n) is 10.1. The topological polar surface area (TPSA) is 76.4 Å². The number of rotatable bonds is 5. The molecule has 1 N–H and O–H groups in total. The minimum absolute atomic E-state index is 0.0405. The summed E-state index contributed by atoms with van der Waals surface area (Å²) in [5, 5.41) is 10.3. The average Bonchev–Trinajstić information content (AvgIpc) is 2.82. The molecule has 5 nitrogen and oxygen atoms in total. The van der Waals surface area contributed by atoms with Crippen LogP contribution >= 0.6 is 0 Å². The van der Waals surface area contributed by atoms with Gasteiger partial charge in [-0.2, -0.15) is 0 Å². The van der Waals surface area contributed by atoms with E-state index in [4.69, 9.17) is 0 Å². The SMILES string of the molecule is CS(=O)(=O)c1ccc(Cn2c3c(c4cc(F)ccc42)CCCCC3CC(=O)O)cc1. The fourth-order valence-electron chi connectivity index (χ4n) is 4.58. The number of nitrogens with zero attached hydrogens (tertiary/aromatic N) is 1. The zero-order chi connectivity index (χ0) is 21.5. The number of sulfone groups is 1. The smallest absolute Gasteiger partial charge is 0.304 e. The molecule has 1 aliphatic rings. The van der Waals surface area contributed by atoms with Crippen LogP contribution in [0.3, 0.4) is 0 Å². The molecular formula is C23H24FNO4S. The van der Waals surface area contributed by atoms with Gasteiger partial charge in [0, 0.05) is 35.3 Å². The molecule has 1 aromatic heterocycles. The Morgan fingerprint density at radius 3 is 2.57 bits per heavy atom. The van der Waals surface area contributed by atoms with E-state index >= 15 is 0 Å². The van der Waals surface area contributed by atoms with Crippen LogP contribution in [0.1, 0.15) is 48.4 Å². The van der Waals surface area contributed by atoms with Gasteiger partial charge in [-0.1, -0.05) is 18.6 Å². The molecule has 7 heteroatoms. The highest BCUT2D eigenvalue weighted by atomic mass is 32.2. The summed E-state index contributed by atoms with van der Waals surface area (Å²) in [6.45, 7) is 0.470. The van der Waals surface area contributed by atoms with Crippen molar-refractivity contribution in [1.82, 2.24) is 4.57 Å². The number of aliphatic carboxylic acids is 1. The third-order valence-electron chi connectivity index (χ3n) is 5.90. The number of benzene rings is 2. The Morgan fingerprint density at radius 2 is 1.90 bits per heavy atom. The molecule has 3 aromatic rings. The van der Waals surface area contributed by atoms with E-state index in [1.54, 1.807) is 36.4 Å². The predicted molar refractivity (Wildman–Crippen MR) is 113 cm³/mol. The van der Waals surface area contributed by atoms with Gasteiger partial charge in [0.25, 0.3) is 0 Å². The lowest BCUT2D eigenvalue weighted by Gasteiger charge is -2.19. The maximum atomic E-state index is 14.0.